The summed E-state index contributed by atoms with van der Waals surface area (Å²) in [5, 5.41) is 2.48. The fourth-order valence-corrected chi connectivity index (χ4v) is 4.42. The van der Waals surface area contributed by atoms with Gasteiger partial charge in [-0.25, -0.2) is 13.4 Å². The molecule has 0 radical (unpaired) electrons. The molecule has 0 aliphatic carbocycles. The van der Waals surface area contributed by atoms with Gasteiger partial charge in [0.1, 0.15) is 17.3 Å². The first-order chi connectivity index (χ1) is 14.6. The van der Waals surface area contributed by atoms with Crippen molar-refractivity contribution in [2.24, 2.45) is 10.7 Å². The lowest BCUT2D eigenvalue weighted by Gasteiger charge is -2.22. The molecule has 31 heavy (non-hydrogen) atoms. The molecule has 3 N–H and O–H groups in total. The van der Waals surface area contributed by atoms with Crippen LogP contribution in [0.2, 0.25) is 0 Å². The lowest BCUT2D eigenvalue weighted by atomic mass is 10.2. The van der Waals surface area contributed by atoms with Gasteiger partial charge in [0.25, 0.3) is 10.0 Å². The SMILES string of the molecule is NC=N/C=C/C(=O)Nc1ccc2c(c1)S(=O)(=O)N(c1ccc(C(F)(F)F)cc1)CCO2. The maximum absolute atomic E-state index is 13.2. The van der Waals surface area contributed by atoms with E-state index in [9.17, 15) is 26.4 Å². The molecule has 1 heterocycles. The Morgan fingerprint density at radius 2 is 1.90 bits per heavy atom. The van der Waals surface area contributed by atoms with E-state index >= 15 is 0 Å². The number of aliphatic imine (C=N–C) groups is 1. The molecule has 1 aliphatic rings. The molecule has 0 bridgehead atoms. The number of benzene rings is 2. The van der Waals surface area contributed by atoms with Crippen LogP contribution in [0.3, 0.4) is 0 Å². The van der Waals surface area contributed by atoms with Crippen LogP contribution in [-0.4, -0.2) is 33.8 Å². The molecule has 164 valence electrons. The predicted molar refractivity (Wildman–Crippen MR) is 108 cm³/mol. The van der Waals surface area contributed by atoms with E-state index in [0.29, 0.717) is 0 Å². The van der Waals surface area contributed by atoms with Gasteiger partial charge >= 0.3 is 6.18 Å². The molecule has 1 aliphatic heterocycles. The maximum atomic E-state index is 13.2. The second kappa shape index (κ2) is 8.68. The summed E-state index contributed by atoms with van der Waals surface area (Å²) < 4.78 is 71.3. The molecule has 2 aromatic rings. The monoisotopic (exact) mass is 454 g/mol. The lowest BCUT2D eigenvalue weighted by molar-refractivity contribution is -0.137. The van der Waals surface area contributed by atoms with Crippen LogP contribution in [0.1, 0.15) is 5.56 Å². The number of nitrogens with zero attached hydrogens (tertiary/aromatic N) is 2. The number of alkyl halides is 3. The Bertz CT molecular complexity index is 1130. The van der Waals surface area contributed by atoms with Crippen LogP contribution in [0, 0.1) is 0 Å². The molecule has 8 nitrogen and oxygen atoms in total. The zero-order chi connectivity index (χ0) is 22.6. The largest absolute Gasteiger partial charge is 0.490 e. The number of ether oxygens (including phenoxy) is 1. The van der Waals surface area contributed by atoms with Crippen molar-refractivity contribution < 1.29 is 31.1 Å². The Balaban J connectivity index is 1.93. The highest BCUT2D eigenvalue weighted by molar-refractivity contribution is 7.93. The van der Waals surface area contributed by atoms with E-state index in [0.717, 1.165) is 47.2 Å². The summed E-state index contributed by atoms with van der Waals surface area (Å²) >= 11 is 0. The fraction of sp³-hybridized carbons (Fsp3) is 0.158. The van der Waals surface area contributed by atoms with Crippen molar-refractivity contribution in [1.82, 2.24) is 0 Å². The van der Waals surface area contributed by atoms with Gasteiger partial charge in [0.05, 0.1) is 24.1 Å². The molecule has 12 heteroatoms. The maximum Gasteiger partial charge on any atom is 0.416 e. The van der Waals surface area contributed by atoms with Crippen LogP contribution < -0.4 is 20.1 Å². The van der Waals surface area contributed by atoms with E-state index < -0.39 is 27.7 Å². The van der Waals surface area contributed by atoms with E-state index in [1.54, 1.807) is 0 Å². The van der Waals surface area contributed by atoms with Crippen LogP contribution in [-0.2, 0) is 21.0 Å². The van der Waals surface area contributed by atoms with Crippen molar-refractivity contribution >= 4 is 33.6 Å². The number of sulfonamides is 1. The first kappa shape index (κ1) is 22.2. The molecule has 0 atom stereocenters. The smallest absolute Gasteiger partial charge is 0.416 e. The number of nitrogens with one attached hydrogen (secondary N) is 1. The number of hydrogen-bond donors (Lipinski definition) is 2. The summed E-state index contributed by atoms with van der Waals surface area (Å²) in [7, 11) is -4.18. The summed E-state index contributed by atoms with van der Waals surface area (Å²) in [6.45, 7) is -0.122. The van der Waals surface area contributed by atoms with Gasteiger partial charge in [0, 0.05) is 18.0 Å². The third-order valence-electron chi connectivity index (χ3n) is 4.21. The summed E-state index contributed by atoms with van der Waals surface area (Å²) in [6, 6.07) is 7.85. The number of carbonyl (C=O) groups is 1. The Morgan fingerprint density at radius 3 is 2.55 bits per heavy atom. The van der Waals surface area contributed by atoms with Crippen molar-refractivity contribution in [2.75, 3.05) is 22.8 Å². The molecule has 0 saturated carbocycles. The molecule has 0 fully saturated rings. The average molecular weight is 454 g/mol. The Kier molecular flexibility index (Phi) is 6.20. The molecule has 0 unspecified atom stereocenters. The minimum atomic E-state index is -4.54. The third-order valence-corrected chi connectivity index (χ3v) is 6.06. The number of anilines is 2. The van der Waals surface area contributed by atoms with Crippen molar-refractivity contribution in [2.45, 2.75) is 11.1 Å². The van der Waals surface area contributed by atoms with Crippen molar-refractivity contribution in [1.29, 1.82) is 0 Å². The van der Waals surface area contributed by atoms with Crippen LogP contribution in [0.25, 0.3) is 0 Å². The topological polar surface area (TPSA) is 114 Å². The number of fused-ring (bicyclic) bond motifs is 1. The molecule has 0 saturated heterocycles. The van der Waals surface area contributed by atoms with Gasteiger partial charge < -0.3 is 15.8 Å². The van der Waals surface area contributed by atoms with Gasteiger partial charge in [-0.3, -0.25) is 9.10 Å². The molecular formula is C19H17F3N4O4S. The lowest BCUT2D eigenvalue weighted by Crippen LogP contribution is -2.32. The van der Waals surface area contributed by atoms with Gasteiger partial charge in [-0.15, -0.1) is 0 Å². The summed E-state index contributed by atoms with van der Waals surface area (Å²) in [5.41, 5.74) is 4.40. The van der Waals surface area contributed by atoms with E-state index in [4.69, 9.17) is 10.5 Å². The zero-order valence-electron chi connectivity index (χ0n) is 15.8. The van der Waals surface area contributed by atoms with Crippen LogP contribution in [0.5, 0.6) is 5.75 Å². The zero-order valence-corrected chi connectivity index (χ0v) is 16.7. The van der Waals surface area contributed by atoms with E-state index in [1.807, 2.05) is 0 Å². The highest BCUT2D eigenvalue weighted by Crippen LogP contribution is 2.36. The van der Waals surface area contributed by atoms with Gasteiger partial charge in [-0.1, -0.05) is 0 Å². The van der Waals surface area contributed by atoms with E-state index in [-0.39, 0.29) is 35.2 Å². The number of hydrogen-bond acceptors (Lipinski definition) is 5. The summed E-state index contributed by atoms with van der Waals surface area (Å²) in [5.74, 6) is -0.507. The quantitative estimate of drug-likeness (QED) is 0.419. The van der Waals surface area contributed by atoms with Crippen molar-refractivity contribution in [3.63, 3.8) is 0 Å². The van der Waals surface area contributed by atoms with Gasteiger partial charge in [-0.2, -0.15) is 13.2 Å². The van der Waals surface area contributed by atoms with Crippen LogP contribution in [0.15, 0.2) is 64.6 Å². The Labute approximate surface area is 175 Å². The highest BCUT2D eigenvalue weighted by atomic mass is 32.2. The first-order valence-electron chi connectivity index (χ1n) is 8.80. The fourth-order valence-electron chi connectivity index (χ4n) is 2.81. The molecule has 0 aromatic heterocycles. The van der Waals surface area contributed by atoms with Crippen LogP contribution >= 0.6 is 0 Å². The van der Waals surface area contributed by atoms with Crippen molar-refractivity contribution in [3.05, 3.63) is 60.3 Å². The Hall–Kier alpha value is -3.54. The minimum absolute atomic E-state index is 0.0151. The summed E-state index contributed by atoms with van der Waals surface area (Å²) in [4.78, 5) is 15.2. The second-order valence-corrected chi connectivity index (χ2v) is 8.07. The van der Waals surface area contributed by atoms with Gasteiger partial charge in [0.15, 0.2) is 0 Å². The molecule has 2 aromatic carbocycles. The summed E-state index contributed by atoms with van der Waals surface area (Å²) in [6.07, 6.45) is -1.30. The standard InChI is InChI=1S/C19H17F3N4O4S/c20-19(21,22)13-1-4-15(5-2-13)26-9-10-30-16-6-3-14(11-17(16)31(26,28)29)25-18(27)7-8-24-12-23/h1-8,11-12H,9-10H2,(H2,23,24)(H,25,27)/b8-7+. The molecule has 3 rings (SSSR count). The third kappa shape index (κ3) is 4.97. The number of carbonyl (C=O) groups excluding carboxylic acids is 1. The molecule has 0 spiro atoms. The van der Waals surface area contributed by atoms with Crippen LogP contribution in [0.4, 0.5) is 24.5 Å². The number of amides is 1. The molecule has 1 amide bonds. The number of rotatable bonds is 4. The van der Waals surface area contributed by atoms with Gasteiger partial charge in [0.2, 0.25) is 5.91 Å². The first-order valence-corrected chi connectivity index (χ1v) is 10.2. The van der Waals surface area contributed by atoms with Gasteiger partial charge in [-0.05, 0) is 42.5 Å². The Morgan fingerprint density at radius 1 is 1.19 bits per heavy atom. The number of nitrogens with two attached hydrogens (primary N) is 1. The molecular weight excluding hydrogens is 437 g/mol. The normalized spacial score (nSPS) is 16.0. The average Bonchev–Trinajstić information content (AvgIpc) is 2.83. The van der Waals surface area contributed by atoms with E-state index in [2.05, 4.69) is 10.3 Å². The second-order valence-electron chi connectivity index (χ2n) is 6.23. The predicted octanol–water partition coefficient (Wildman–Crippen LogP) is 2.73. The van der Waals surface area contributed by atoms with E-state index in [1.165, 1.54) is 18.2 Å². The number of halogens is 3. The minimum Gasteiger partial charge on any atom is -0.490 e. The highest BCUT2D eigenvalue weighted by Gasteiger charge is 2.33. The van der Waals surface area contributed by atoms with Crippen molar-refractivity contribution in [3.8, 4) is 5.75 Å².